The first-order valence-corrected chi connectivity index (χ1v) is 9.73. The van der Waals surface area contributed by atoms with Gasteiger partial charge in [-0.3, -0.25) is 0 Å². The summed E-state index contributed by atoms with van der Waals surface area (Å²) < 4.78 is 41.2. The van der Waals surface area contributed by atoms with E-state index in [2.05, 4.69) is 10.1 Å². The average molecular weight is 436 g/mol. The largest absolute Gasteiger partial charge is 0.497 e. The minimum Gasteiger partial charge on any atom is -0.497 e. The molecule has 7 nitrogen and oxygen atoms in total. The van der Waals surface area contributed by atoms with Crippen molar-refractivity contribution in [3.63, 3.8) is 0 Å². The molecule has 0 radical (unpaired) electrons. The second-order valence-corrected chi connectivity index (χ2v) is 6.78. The second kappa shape index (κ2) is 9.38. The van der Waals surface area contributed by atoms with Crippen LogP contribution in [0.1, 0.15) is 5.56 Å². The molecular formula is C24H21FN2O5. The van der Waals surface area contributed by atoms with E-state index in [1.165, 1.54) is 6.07 Å². The fourth-order valence-electron chi connectivity index (χ4n) is 3.12. The molecule has 1 aromatic heterocycles. The Morgan fingerprint density at radius 3 is 2.28 bits per heavy atom. The molecule has 0 atom stereocenters. The number of methoxy groups -OCH3 is 3. The highest BCUT2D eigenvalue weighted by Gasteiger charge is 2.16. The quantitative estimate of drug-likeness (QED) is 0.378. The SMILES string of the molecule is COc1cc(COc2ccc(-c3noc(-c4ccccc4F)n3)cc2OC)cc(OC)c1. The molecule has 4 rings (SSSR count). The normalized spacial score (nSPS) is 10.6. The minimum atomic E-state index is -0.432. The lowest BCUT2D eigenvalue weighted by Gasteiger charge is -2.13. The highest BCUT2D eigenvalue weighted by molar-refractivity contribution is 5.63. The molecule has 0 bridgehead atoms. The van der Waals surface area contributed by atoms with Gasteiger partial charge >= 0.3 is 0 Å². The summed E-state index contributed by atoms with van der Waals surface area (Å²) in [4.78, 5) is 4.31. The maximum Gasteiger partial charge on any atom is 0.261 e. The Morgan fingerprint density at radius 2 is 1.59 bits per heavy atom. The van der Waals surface area contributed by atoms with Crippen LogP contribution in [0.4, 0.5) is 4.39 Å². The molecule has 0 aliphatic rings. The van der Waals surface area contributed by atoms with E-state index in [1.807, 2.05) is 12.1 Å². The summed E-state index contributed by atoms with van der Waals surface area (Å²) in [5, 5.41) is 3.96. The van der Waals surface area contributed by atoms with E-state index in [0.717, 1.165) is 5.56 Å². The van der Waals surface area contributed by atoms with Crippen molar-refractivity contribution in [1.29, 1.82) is 0 Å². The van der Waals surface area contributed by atoms with Crippen LogP contribution in [-0.4, -0.2) is 31.5 Å². The molecule has 8 heteroatoms. The lowest BCUT2D eigenvalue weighted by atomic mass is 10.1. The first-order valence-electron chi connectivity index (χ1n) is 9.73. The Labute approximate surface area is 184 Å². The van der Waals surface area contributed by atoms with E-state index in [-0.39, 0.29) is 18.1 Å². The molecule has 0 fully saturated rings. The summed E-state index contributed by atoms with van der Waals surface area (Å²) in [5.74, 6) is 2.36. The van der Waals surface area contributed by atoms with Gasteiger partial charge in [-0.25, -0.2) is 4.39 Å². The van der Waals surface area contributed by atoms with E-state index >= 15 is 0 Å². The maximum atomic E-state index is 14.0. The zero-order valence-corrected chi connectivity index (χ0v) is 17.8. The monoisotopic (exact) mass is 436 g/mol. The van der Waals surface area contributed by atoms with E-state index in [4.69, 9.17) is 23.5 Å². The Hall–Kier alpha value is -4.07. The Balaban J connectivity index is 1.55. The van der Waals surface area contributed by atoms with Crippen molar-refractivity contribution < 1.29 is 27.9 Å². The van der Waals surface area contributed by atoms with Crippen LogP contribution in [0, 0.1) is 5.82 Å². The standard InChI is InChI=1S/C24H21FN2O5/c1-28-17-10-15(11-18(13-17)29-2)14-31-21-9-8-16(12-22(21)30-3)23-26-24(32-27-23)19-6-4-5-7-20(19)25/h4-13H,14H2,1-3H3. The molecule has 0 unspecified atom stereocenters. The van der Waals surface area contributed by atoms with E-state index in [1.54, 1.807) is 63.8 Å². The smallest absolute Gasteiger partial charge is 0.261 e. The zero-order valence-electron chi connectivity index (χ0n) is 17.8. The Kier molecular flexibility index (Phi) is 6.21. The van der Waals surface area contributed by atoms with Crippen LogP contribution >= 0.6 is 0 Å². The van der Waals surface area contributed by atoms with Gasteiger partial charge in [-0.15, -0.1) is 0 Å². The first kappa shape index (κ1) is 21.2. The van der Waals surface area contributed by atoms with Gasteiger partial charge in [0.15, 0.2) is 11.5 Å². The number of rotatable bonds is 8. The lowest BCUT2D eigenvalue weighted by Crippen LogP contribution is -1.99. The van der Waals surface area contributed by atoms with E-state index < -0.39 is 5.82 Å². The van der Waals surface area contributed by atoms with Crippen LogP contribution in [0.2, 0.25) is 0 Å². The molecule has 0 saturated carbocycles. The van der Waals surface area contributed by atoms with Gasteiger partial charge in [0, 0.05) is 11.6 Å². The number of benzene rings is 3. The van der Waals surface area contributed by atoms with Crippen molar-refractivity contribution in [3.05, 3.63) is 72.0 Å². The third kappa shape index (κ3) is 4.49. The van der Waals surface area contributed by atoms with Gasteiger partial charge in [0.2, 0.25) is 5.82 Å². The lowest BCUT2D eigenvalue weighted by molar-refractivity contribution is 0.283. The van der Waals surface area contributed by atoms with Crippen LogP contribution in [-0.2, 0) is 6.61 Å². The molecule has 0 spiro atoms. The predicted molar refractivity (Wildman–Crippen MR) is 116 cm³/mol. The molecule has 1 heterocycles. The van der Waals surface area contributed by atoms with Crippen molar-refractivity contribution in [1.82, 2.24) is 10.1 Å². The summed E-state index contributed by atoms with van der Waals surface area (Å²) in [7, 11) is 4.73. The highest BCUT2D eigenvalue weighted by atomic mass is 19.1. The molecule has 0 saturated heterocycles. The molecule has 4 aromatic rings. The van der Waals surface area contributed by atoms with Crippen molar-refractivity contribution in [2.45, 2.75) is 6.61 Å². The number of nitrogens with zero attached hydrogens (tertiary/aromatic N) is 2. The molecule has 164 valence electrons. The van der Waals surface area contributed by atoms with Crippen LogP contribution in [0.3, 0.4) is 0 Å². The van der Waals surface area contributed by atoms with Crippen molar-refractivity contribution in [3.8, 4) is 45.8 Å². The van der Waals surface area contributed by atoms with Crippen molar-refractivity contribution in [2.75, 3.05) is 21.3 Å². The van der Waals surface area contributed by atoms with Gasteiger partial charge in [0.25, 0.3) is 5.89 Å². The summed E-state index contributed by atoms with van der Waals surface area (Å²) in [6.07, 6.45) is 0. The highest BCUT2D eigenvalue weighted by Crippen LogP contribution is 2.33. The summed E-state index contributed by atoms with van der Waals surface area (Å²) in [6, 6.07) is 17.0. The number of ether oxygens (including phenoxy) is 4. The topological polar surface area (TPSA) is 75.8 Å². The van der Waals surface area contributed by atoms with Crippen molar-refractivity contribution in [2.24, 2.45) is 0 Å². The van der Waals surface area contributed by atoms with Gasteiger partial charge in [0.05, 0.1) is 26.9 Å². The molecule has 0 amide bonds. The van der Waals surface area contributed by atoms with Crippen molar-refractivity contribution >= 4 is 0 Å². The first-order chi connectivity index (χ1) is 15.6. The number of aromatic nitrogens is 2. The predicted octanol–water partition coefficient (Wildman–Crippen LogP) is 5.15. The van der Waals surface area contributed by atoms with Gasteiger partial charge in [-0.05, 0) is 48.0 Å². The van der Waals surface area contributed by atoms with Crippen LogP contribution in [0.5, 0.6) is 23.0 Å². The van der Waals surface area contributed by atoms with Gasteiger partial charge in [-0.1, -0.05) is 17.3 Å². The van der Waals surface area contributed by atoms with Gasteiger partial charge < -0.3 is 23.5 Å². The molecular weight excluding hydrogens is 415 g/mol. The Morgan fingerprint density at radius 1 is 0.844 bits per heavy atom. The minimum absolute atomic E-state index is 0.101. The zero-order chi connectivity index (χ0) is 22.5. The van der Waals surface area contributed by atoms with E-state index in [0.29, 0.717) is 34.4 Å². The maximum absolute atomic E-state index is 14.0. The van der Waals surface area contributed by atoms with Gasteiger partial charge in [-0.2, -0.15) is 4.98 Å². The third-order valence-corrected chi connectivity index (χ3v) is 4.76. The van der Waals surface area contributed by atoms with Crippen LogP contribution in [0.25, 0.3) is 22.8 Å². The van der Waals surface area contributed by atoms with Crippen LogP contribution < -0.4 is 18.9 Å². The number of halogens is 1. The third-order valence-electron chi connectivity index (χ3n) is 4.76. The summed E-state index contributed by atoms with van der Waals surface area (Å²) >= 11 is 0. The molecule has 32 heavy (non-hydrogen) atoms. The number of hydrogen-bond acceptors (Lipinski definition) is 7. The van der Waals surface area contributed by atoms with E-state index in [9.17, 15) is 4.39 Å². The molecule has 3 aromatic carbocycles. The number of hydrogen-bond donors (Lipinski definition) is 0. The fourth-order valence-corrected chi connectivity index (χ4v) is 3.12. The molecule has 0 aliphatic carbocycles. The second-order valence-electron chi connectivity index (χ2n) is 6.78. The van der Waals surface area contributed by atoms with Gasteiger partial charge in [0.1, 0.15) is 23.9 Å². The molecule has 0 aliphatic heterocycles. The molecule has 0 N–H and O–H groups in total. The Bertz CT molecular complexity index is 1200. The van der Waals surface area contributed by atoms with Crippen LogP contribution in [0.15, 0.2) is 65.2 Å². The summed E-state index contributed by atoms with van der Waals surface area (Å²) in [5.41, 5.74) is 1.76. The fraction of sp³-hybridized carbons (Fsp3) is 0.167. The average Bonchev–Trinajstić information content (AvgIpc) is 3.32. The summed E-state index contributed by atoms with van der Waals surface area (Å²) in [6.45, 7) is 0.281.